The Morgan fingerprint density at radius 1 is 1.25 bits per heavy atom. The summed E-state index contributed by atoms with van der Waals surface area (Å²) in [6.45, 7) is 1.93. The third kappa shape index (κ3) is 3.17. The molecule has 24 heavy (non-hydrogen) atoms. The predicted molar refractivity (Wildman–Crippen MR) is 99.9 cm³/mol. The van der Waals surface area contributed by atoms with E-state index in [1.807, 2.05) is 62.5 Å². The van der Waals surface area contributed by atoms with Crippen molar-refractivity contribution in [3.05, 3.63) is 69.9 Å². The Balaban J connectivity index is 1.80. The Bertz CT molecular complexity index is 803. The van der Waals surface area contributed by atoms with Crippen molar-refractivity contribution in [3.63, 3.8) is 0 Å². The fourth-order valence-corrected chi connectivity index (χ4v) is 3.39. The van der Waals surface area contributed by atoms with Gasteiger partial charge in [0.1, 0.15) is 5.76 Å². The monoisotopic (exact) mass is 386 g/mol. The van der Waals surface area contributed by atoms with Crippen molar-refractivity contribution in [1.82, 2.24) is 5.32 Å². The molecule has 0 saturated heterocycles. The molecule has 1 amide bonds. The Morgan fingerprint density at radius 3 is 2.75 bits per heavy atom. The summed E-state index contributed by atoms with van der Waals surface area (Å²) in [6.07, 6.45) is 1.66. The topological polar surface area (TPSA) is 52.6 Å². The van der Waals surface area contributed by atoms with Gasteiger partial charge in [0.2, 0.25) is 0 Å². The van der Waals surface area contributed by atoms with Crippen LogP contribution in [0.15, 0.2) is 58.8 Å². The molecule has 0 saturated carbocycles. The summed E-state index contributed by atoms with van der Waals surface area (Å²) >= 11 is 3.44. The molecule has 2 unspecified atom stereocenters. The van der Waals surface area contributed by atoms with Gasteiger partial charge in [-0.3, -0.25) is 4.79 Å². The number of aliphatic hydroxyl groups is 1. The smallest absolute Gasteiger partial charge is 0.251 e. The van der Waals surface area contributed by atoms with Gasteiger partial charge in [0.05, 0.1) is 6.04 Å². The standard InChI is InChI=1S/C19H19BrN2O2/c1-12(13-7-5-8-15(20)10-13)21-19(24)18-17(23)11-14-6-3-4-9-16(14)22(18)2/h3-12,18,23H,1-2H3,(H,21,24). The van der Waals surface area contributed by atoms with Crippen molar-refractivity contribution in [1.29, 1.82) is 0 Å². The molecule has 2 N–H and O–H groups in total. The maximum atomic E-state index is 12.7. The lowest BCUT2D eigenvalue weighted by molar-refractivity contribution is -0.122. The SMILES string of the molecule is CC(NC(=O)C1C(O)=Cc2ccccc2N1C)c1cccc(Br)c1. The summed E-state index contributed by atoms with van der Waals surface area (Å²) in [4.78, 5) is 14.5. The molecule has 2 aromatic carbocycles. The summed E-state index contributed by atoms with van der Waals surface area (Å²) in [6, 6.07) is 14.6. The van der Waals surface area contributed by atoms with Crippen LogP contribution in [0.3, 0.4) is 0 Å². The van der Waals surface area contributed by atoms with Crippen LogP contribution in [-0.4, -0.2) is 24.1 Å². The van der Waals surface area contributed by atoms with E-state index in [1.54, 1.807) is 11.0 Å². The molecule has 5 heteroatoms. The van der Waals surface area contributed by atoms with Crippen LogP contribution in [0, 0.1) is 0 Å². The van der Waals surface area contributed by atoms with Gasteiger partial charge in [-0.25, -0.2) is 0 Å². The van der Waals surface area contributed by atoms with Crippen molar-refractivity contribution < 1.29 is 9.90 Å². The van der Waals surface area contributed by atoms with Crippen LogP contribution in [0.25, 0.3) is 6.08 Å². The second kappa shape index (κ2) is 6.69. The minimum Gasteiger partial charge on any atom is -0.510 e. The largest absolute Gasteiger partial charge is 0.510 e. The van der Waals surface area contributed by atoms with E-state index < -0.39 is 6.04 Å². The number of likely N-dealkylation sites (N-methyl/N-ethyl adjacent to an activating group) is 1. The average Bonchev–Trinajstić information content (AvgIpc) is 2.54. The van der Waals surface area contributed by atoms with Crippen molar-refractivity contribution >= 4 is 33.6 Å². The number of nitrogens with zero attached hydrogens (tertiary/aromatic N) is 1. The van der Waals surface area contributed by atoms with Gasteiger partial charge in [0.15, 0.2) is 6.04 Å². The van der Waals surface area contributed by atoms with Crippen molar-refractivity contribution in [3.8, 4) is 0 Å². The predicted octanol–water partition coefficient (Wildman–Crippen LogP) is 4.04. The molecule has 1 heterocycles. The molecule has 3 rings (SSSR count). The van der Waals surface area contributed by atoms with E-state index in [2.05, 4.69) is 21.2 Å². The van der Waals surface area contributed by atoms with Gasteiger partial charge in [-0.1, -0.05) is 46.3 Å². The number of halogens is 1. The normalized spacial score (nSPS) is 17.7. The average molecular weight is 387 g/mol. The quantitative estimate of drug-likeness (QED) is 0.836. The first-order valence-electron chi connectivity index (χ1n) is 7.75. The van der Waals surface area contributed by atoms with Crippen molar-refractivity contribution in [2.24, 2.45) is 0 Å². The number of hydrogen-bond donors (Lipinski definition) is 2. The summed E-state index contributed by atoms with van der Waals surface area (Å²) < 4.78 is 0.965. The summed E-state index contributed by atoms with van der Waals surface area (Å²) in [7, 11) is 1.82. The van der Waals surface area contributed by atoms with Crippen LogP contribution < -0.4 is 10.2 Å². The molecule has 124 valence electrons. The van der Waals surface area contributed by atoms with E-state index in [1.165, 1.54) is 0 Å². The zero-order chi connectivity index (χ0) is 17.3. The Morgan fingerprint density at radius 2 is 2.00 bits per heavy atom. The fraction of sp³-hybridized carbons (Fsp3) is 0.211. The van der Waals surface area contributed by atoms with Gasteiger partial charge in [0.25, 0.3) is 5.91 Å². The first kappa shape index (κ1) is 16.6. The molecule has 1 aliphatic heterocycles. The Labute approximate surface area is 149 Å². The molecular formula is C19H19BrN2O2. The molecule has 0 aromatic heterocycles. The van der Waals surface area contributed by atoms with Gasteiger partial charge >= 0.3 is 0 Å². The summed E-state index contributed by atoms with van der Waals surface area (Å²) in [5.74, 6) is -0.177. The van der Waals surface area contributed by atoms with Gasteiger partial charge < -0.3 is 15.3 Å². The summed E-state index contributed by atoms with van der Waals surface area (Å²) in [5.41, 5.74) is 2.83. The number of amides is 1. The van der Waals surface area contributed by atoms with Gasteiger partial charge in [-0.2, -0.15) is 0 Å². The molecular weight excluding hydrogens is 368 g/mol. The molecule has 0 bridgehead atoms. The molecule has 4 nitrogen and oxygen atoms in total. The van der Waals surface area contributed by atoms with Crippen molar-refractivity contribution in [2.45, 2.75) is 19.0 Å². The number of nitrogens with one attached hydrogen (secondary N) is 1. The van der Waals surface area contributed by atoms with Crippen LogP contribution >= 0.6 is 15.9 Å². The van der Waals surface area contributed by atoms with E-state index in [-0.39, 0.29) is 17.7 Å². The number of hydrogen-bond acceptors (Lipinski definition) is 3. The zero-order valence-corrected chi connectivity index (χ0v) is 15.1. The highest BCUT2D eigenvalue weighted by Gasteiger charge is 2.32. The third-order valence-corrected chi connectivity index (χ3v) is 4.74. The third-order valence-electron chi connectivity index (χ3n) is 4.24. The number of para-hydroxylation sites is 1. The second-order valence-corrected chi connectivity index (χ2v) is 6.84. The maximum absolute atomic E-state index is 12.7. The number of rotatable bonds is 3. The highest BCUT2D eigenvalue weighted by molar-refractivity contribution is 9.10. The van der Waals surface area contributed by atoms with E-state index in [0.717, 1.165) is 21.3 Å². The highest BCUT2D eigenvalue weighted by Crippen LogP contribution is 2.30. The lowest BCUT2D eigenvalue weighted by Gasteiger charge is -2.33. The molecule has 0 aliphatic carbocycles. The lowest BCUT2D eigenvalue weighted by atomic mass is 10.0. The highest BCUT2D eigenvalue weighted by atomic mass is 79.9. The van der Waals surface area contributed by atoms with E-state index in [9.17, 15) is 9.90 Å². The lowest BCUT2D eigenvalue weighted by Crippen LogP contribution is -2.48. The van der Waals surface area contributed by atoms with Crippen LogP contribution in [0.4, 0.5) is 5.69 Å². The molecule has 2 aromatic rings. The number of carbonyl (C=O) groups is 1. The Hall–Kier alpha value is -2.27. The minimum absolute atomic E-state index is 0.0511. The number of benzene rings is 2. The second-order valence-electron chi connectivity index (χ2n) is 5.93. The fourth-order valence-electron chi connectivity index (χ4n) is 2.97. The van der Waals surface area contributed by atoms with Crippen LogP contribution in [0.1, 0.15) is 24.1 Å². The van der Waals surface area contributed by atoms with E-state index in [4.69, 9.17) is 0 Å². The van der Waals surface area contributed by atoms with E-state index >= 15 is 0 Å². The number of carbonyl (C=O) groups excluding carboxylic acids is 1. The van der Waals surface area contributed by atoms with E-state index in [0.29, 0.717) is 0 Å². The first-order chi connectivity index (χ1) is 11.5. The van der Waals surface area contributed by atoms with Crippen molar-refractivity contribution in [2.75, 3.05) is 11.9 Å². The van der Waals surface area contributed by atoms with Gasteiger partial charge in [0, 0.05) is 22.8 Å². The van der Waals surface area contributed by atoms with Crippen LogP contribution in [-0.2, 0) is 4.79 Å². The molecule has 0 radical (unpaired) electrons. The zero-order valence-electron chi connectivity index (χ0n) is 13.5. The molecule has 0 spiro atoms. The molecule has 1 aliphatic rings. The minimum atomic E-state index is -0.727. The van der Waals surface area contributed by atoms with Gasteiger partial charge in [-0.05, 0) is 36.8 Å². The maximum Gasteiger partial charge on any atom is 0.251 e. The number of aliphatic hydroxyl groups excluding tert-OH is 1. The Kier molecular flexibility index (Phi) is 4.62. The summed E-state index contributed by atoms with van der Waals surface area (Å²) in [5, 5.41) is 13.3. The first-order valence-corrected chi connectivity index (χ1v) is 8.55. The van der Waals surface area contributed by atoms with Crippen LogP contribution in [0.5, 0.6) is 0 Å². The van der Waals surface area contributed by atoms with Crippen LogP contribution in [0.2, 0.25) is 0 Å². The molecule has 0 fully saturated rings. The molecule has 2 atom stereocenters. The van der Waals surface area contributed by atoms with Gasteiger partial charge in [-0.15, -0.1) is 0 Å². The number of anilines is 1. The number of fused-ring (bicyclic) bond motifs is 1.